The molecule has 2 heterocycles. The largest absolute Gasteiger partial charge is 0.345 e. The van der Waals surface area contributed by atoms with Gasteiger partial charge in [0.25, 0.3) is 0 Å². The quantitative estimate of drug-likeness (QED) is 0.264. The summed E-state index contributed by atoms with van der Waals surface area (Å²) in [5.74, 6) is -0.232. The maximum Gasteiger partial charge on any atom is 0.128 e. The molecule has 0 bridgehead atoms. The molecule has 0 aliphatic heterocycles. The number of hydrogen-bond donors (Lipinski definition) is 1. The molecule has 34 heavy (non-hydrogen) atoms. The molecule has 0 spiro atoms. The van der Waals surface area contributed by atoms with E-state index >= 15 is 0 Å². The first-order valence-electron chi connectivity index (χ1n) is 11.4. The Balaban J connectivity index is 1.78. The van der Waals surface area contributed by atoms with Crippen LogP contribution in [0.4, 0.5) is 9.39 Å². The molecule has 4 rings (SSSR count). The van der Waals surface area contributed by atoms with Crippen LogP contribution in [0.2, 0.25) is 0 Å². The first-order valence-corrected chi connectivity index (χ1v) is 12.3. The summed E-state index contributed by atoms with van der Waals surface area (Å²) in [5.41, 5.74) is 7.85. The van der Waals surface area contributed by atoms with Crippen LogP contribution in [0.3, 0.4) is 0 Å². The van der Waals surface area contributed by atoms with Gasteiger partial charge in [0, 0.05) is 34.0 Å². The number of halogens is 1. The molecule has 2 aromatic carbocycles. The molecular formula is C29H28FN3S. The smallest absolute Gasteiger partial charge is 0.128 e. The van der Waals surface area contributed by atoms with E-state index in [1.807, 2.05) is 55.6 Å². The number of hydrogen-bond acceptors (Lipinski definition) is 4. The number of thiophene rings is 1. The molecule has 0 amide bonds. The Hall–Kier alpha value is -3.57. The molecule has 0 fully saturated rings. The van der Waals surface area contributed by atoms with Crippen LogP contribution < -0.4 is 5.32 Å². The van der Waals surface area contributed by atoms with Crippen molar-refractivity contribution in [1.29, 1.82) is 0 Å². The lowest BCUT2D eigenvalue weighted by Crippen LogP contribution is -2.07. The number of nitrogens with zero attached hydrogens (tertiary/aromatic N) is 2. The van der Waals surface area contributed by atoms with Gasteiger partial charge in [-0.05, 0) is 49.6 Å². The Morgan fingerprint density at radius 3 is 2.41 bits per heavy atom. The summed E-state index contributed by atoms with van der Waals surface area (Å²) in [4.78, 5) is 9.38. The number of aliphatic imine (C=N–C) groups is 1. The van der Waals surface area contributed by atoms with Gasteiger partial charge in [-0.1, -0.05) is 61.5 Å². The highest BCUT2D eigenvalue weighted by atomic mass is 32.1. The van der Waals surface area contributed by atoms with E-state index in [1.165, 1.54) is 11.6 Å². The zero-order chi connectivity index (χ0) is 23.9. The standard InChI is InChI=1S/C29H28FN3S/c1-4-20(2)28(26-16-10-11-17-31-26)33-29-27(24(19-34-29)22-12-6-5-7-13-22)21(3)32-18-23-14-8-9-15-25(23)30/h5-17,19,33H,4,18H2,1-3H3/b28-20+,32-21?. The van der Waals surface area contributed by atoms with Gasteiger partial charge in [-0.2, -0.15) is 0 Å². The first-order chi connectivity index (χ1) is 16.6. The number of nitrogens with one attached hydrogen (secondary N) is 1. The van der Waals surface area contributed by atoms with Crippen molar-refractivity contribution in [2.45, 2.75) is 33.7 Å². The van der Waals surface area contributed by atoms with Crippen molar-refractivity contribution in [3.63, 3.8) is 0 Å². The fourth-order valence-corrected chi connectivity index (χ4v) is 4.77. The normalized spacial score (nSPS) is 12.4. The van der Waals surface area contributed by atoms with Gasteiger partial charge in [0.05, 0.1) is 17.9 Å². The van der Waals surface area contributed by atoms with Crippen LogP contribution >= 0.6 is 11.3 Å². The summed E-state index contributed by atoms with van der Waals surface area (Å²) in [6.45, 7) is 6.56. The molecule has 0 radical (unpaired) electrons. The number of pyridine rings is 1. The molecule has 0 saturated carbocycles. The average Bonchev–Trinajstić information content (AvgIpc) is 3.31. The van der Waals surface area contributed by atoms with Gasteiger partial charge >= 0.3 is 0 Å². The number of anilines is 1. The van der Waals surface area contributed by atoms with Crippen LogP contribution in [-0.4, -0.2) is 10.7 Å². The van der Waals surface area contributed by atoms with Crippen LogP contribution in [0.5, 0.6) is 0 Å². The van der Waals surface area contributed by atoms with Gasteiger partial charge in [-0.15, -0.1) is 11.3 Å². The number of allylic oxidation sites excluding steroid dienone is 1. The molecule has 3 nitrogen and oxygen atoms in total. The molecule has 0 aliphatic carbocycles. The molecular weight excluding hydrogens is 441 g/mol. The second-order valence-corrected chi connectivity index (χ2v) is 8.94. The van der Waals surface area contributed by atoms with Crippen molar-refractivity contribution < 1.29 is 4.39 Å². The number of benzene rings is 2. The third-order valence-electron chi connectivity index (χ3n) is 5.80. The minimum atomic E-state index is -0.232. The van der Waals surface area contributed by atoms with E-state index < -0.39 is 0 Å². The Kier molecular flexibility index (Phi) is 7.65. The van der Waals surface area contributed by atoms with E-state index in [0.29, 0.717) is 12.1 Å². The molecule has 0 atom stereocenters. The van der Waals surface area contributed by atoms with Gasteiger partial charge in [-0.25, -0.2) is 4.39 Å². The monoisotopic (exact) mass is 469 g/mol. The molecule has 1 N–H and O–H groups in total. The summed E-state index contributed by atoms with van der Waals surface area (Å²) < 4.78 is 14.2. The summed E-state index contributed by atoms with van der Waals surface area (Å²) in [7, 11) is 0. The highest BCUT2D eigenvalue weighted by Crippen LogP contribution is 2.38. The molecule has 4 aromatic rings. The summed E-state index contributed by atoms with van der Waals surface area (Å²) in [6, 6.07) is 23.0. The van der Waals surface area contributed by atoms with Crippen molar-refractivity contribution in [2.24, 2.45) is 4.99 Å². The third kappa shape index (κ3) is 5.32. The lowest BCUT2D eigenvalue weighted by atomic mass is 10.0. The fraction of sp³-hybridized carbons (Fsp3) is 0.172. The average molecular weight is 470 g/mol. The molecule has 5 heteroatoms. The number of rotatable bonds is 8. The van der Waals surface area contributed by atoms with E-state index in [1.54, 1.807) is 23.5 Å². The zero-order valence-corrected chi connectivity index (χ0v) is 20.5. The minimum Gasteiger partial charge on any atom is -0.345 e. The van der Waals surface area contributed by atoms with Crippen LogP contribution in [0.15, 0.2) is 94.9 Å². The SMILES string of the molecule is CC/C(C)=C(/Nc1scc(-c2ccccc2)c1C(C)=NCc1ccccc1F)c1ccccn1. The van der Waals surface area contributed by atoms with Crippen LogP contribution in [-0.2, 0) is 6.54 Å². The van der Waals surface area contributed by atoms with Crippen LogP contribution in [0.25, 0.3) is 16.8 Å². The van der Waals surface area contributed by atoms with Crippen molar-refractivity contribution in [1.82, 2.24) is 4.98 Å². The zero-order valence-electron chi connectivity index (χ0n) is 19.7. The maximum atomic E-state index is 14.2. The van der Waals surface area contributed by atoms with Crippen molar-refractivity contribution in [3.05, 3.63) is 113 Å². The molecule has 0 unspecified atom stereocenters. The second kappa shape index (κ2) is 11.0. The van der Waals surface area contributed by atoms with Crippen LogP contribution in [0, 0.1) is 5.82 Å². The lowest BCUT2D eigenvalue weighted by Gasteiger charge is -2.15. The third-order valence-corrected chi connectivity index (χ3v) is 6.69. The van der Waals surface area contributed by atoms with Gasteiger partial charge in [0.1, 0.15) is 10.8 Å². The minimum absolute atomic E-state index is 0.232. The Morgan fingerprint density at radius 1 is 0.971 bits per heavy atom. The topological polar surface area (TPSA) is 37.3 Å². The van der Waals surface area contributed by atoms with Crippen LogP contribution in [0.1, 0.15) is 44.0 Å². The van der Waals surface area contributed by atoms with E-state index in [9.17, 15) is 4.39 Å². The van der Waals surface area contributed by atoms with Gasteiger partial charge in [-0.3, -0.25) is 9.98 Å². The predicted octanol–water partition coefficient (Wildman–Crippen LogP) is 8.21. The predicted molar refractivity (Wildman–Crippen MR) is 143 cm³/mol. The maximum absolute atomic E-state index is 14.2. The molecule has 0 aliphatic rings. The van der Waals surface area contributed by atoms with Gasteiger partial charge in [0.15, 0.2) is 0 Å². The molecule has 2 aromatic heterocycles. The van der Waals surface area contributed by atoms with E-state index in [4.69, 9.17) is 4.99 Å². The first kappa shape index (κ1) is 23.6. The highest BCUT2D eigenvalue weighted by Gasteiger charge is 2.18. The van der Waals surface area contributed by atoms with E-state index in [2.05, 4.69) is 41.7 Å². The van der Waals surface area contributed by atoms with E-state index in [0.717, 1.165) is 45.2 Å². The van der Waals surface area contributed by atoms with Gasteiger partial charge < -0.3 is 5.32 Å². The Morgan fingerprint density at radius 2 is 1.71 bits per heavy atom. The molecule has 0 saturated heterocycles. The summed E-state index contributed by atoms with van der Waals surface area (Å²) in [6.07, 6.45) is 2.72. The fourth-order valence-electron chi connectivity index (χ4n) is 3.74. The Bertz CT molecular complexity index is 1310. The van der Waals surface area contributed by atoms with Crippen molar-refractivity contribution in [3.8, 4) is 11.1 Å². The van der Waals surface area contributed by atoms with Crippen molar-refractivity contribution >= 4 is 27.7 Å². The van der Waals surface area contributed by atoms with Gasteiger partial charge in [0.2, 0.25) is 0 Å². The lowest BCUT2D eigenvalue weighted by molar-refractivity contribution is 0.611. The van der Waals surface area contributed by atoms with Crippen molar-refractivity contribution in [2.75, 3.05) is 5.32 Å². The summed E-state index contributed by atoms with van der Waals surface area (Å²) in [5, 5.41) is 6.84. The molecule has 172 valence electrons. The number of aromatic nitrogens is 1. The second-order valence-electron chi connectivity index (χ2n) is 8.06. The van der Waals surface area contributed by atoms with E-state index in [-0.39, 0.29) is 5.82 Å². The highest BCUT2D eigenvalue weighted by molar-refractivity contribution is 7.15. The summed E-state index contributed by atoms with van der Waals surface area (Å²) >= 11 is 1.65. The Labute approximate surface area is 204 Å².